The number of benzene rings is 1. The molecule has 0 heterocycles. The summed E-state index contributed by atoms with van der Waals surface area (Å²) in [5.74, 6) is -0.307. The molecule has 1 rings (SSSR count). The van der Waals surface area contributed by atoms with Crippen LogP contribution in [-0.2, 0) is 14.8 Å². The fourth-order valence-electron chi connectivity index (χ4n) is 1.60. The molecule has 0 saturated heterocycles. The van der Waals surface area contributed by atoms with Crippen molar-refractivity contribution in [3.63, 3.8) is 0 Å². The van der Waals surface area contributed by atoms with Gasteiger partial charge in [0.1, 0.15) is 0 Å². The average molecular weight is 284 g/mol. The summed E-state index contributed by atoms with van der Waals surface area (Å²) in [6, 6.07) is 4.96. The molecule has 106 valence electrons. The van der Waals surface area contributed by atoms with Crippen LogP contribution in [0.4, 0.5) is 0 Å². The van der Waals surface area contributed by atoms with Crippen molar-refractivity contribution in [1.29, 1.82) is 0 Å². The summed E-state index contributed by atoms with van der Waals surface area (Å²) >= 11 is 0. The fourth-order valence-corrected chi connectivity index (χ4v) is 2.81. The zero-order valence-corrected chi connectivity index (χ0v) is 12.2. The van der Waals surface area contributed by atoms with Crippen molar-refractivity contribution in [1.82, 2.24) is 4.72 Å². The van der Waals surface area contributed by atoms with Crippen LogP contribution in [0, 0.1) is 6.92 Å². The number of sulfonamides is 1. The van der Waals surface area contributed by atoms with Crippen LogP contribution < -0.4 is 10.5 Å². The summed E-state index contributed by atoms with van der Waals surface area (Å²) in [5.41, 5.74) is 6.58. The normalized spacial score (nSPS) is 14.9. The lowest BCUT2D eigenvalue weighted by Gasteiger charge is -2.16. The Hall–Kier alpha value is -1.24. The monoisotopic (exact) mass is 284 g/mol. The van der Waals surface area contributed by atoms with E-state index in [1.165, 1.54) is 19.1 Å². The number of hydrogen-bond donors (Lipinski definition) is 2. The van der Waals surface area contributed by atoms with Crippen molar-refractivity contribution in [3.8, 4) is 0 Å². The largest absolute Gasteiger partial charge is 0.321 e. The molecule has 0 saturated carbocycles. The molecule has 0 amide bonds. The molecule has 1 aromatic rings. The predicted octanol–water partition coefficient (Wildman–Crippen LogP) is 0.968. The van der Waals surface area contributed by atoms with Crippen molar-refractivity contribution < 1.29 is 13.2 Å². The van der Waals surface area contributed by atoms with Crippen LogP contribution in [0.25, 0.3) is 0 Å². The summed E-state index contributed by atoms with van der Waals surface area (Å²) in [5, 5.41) is 0. The van der Waals surface area contributed by atoms with Gasteiger partial charge in [0.05, 0.1) is 17.0 Å². The second-order valence-electron chi connectivity index (χ2n) is 4.57. The number of hydrogen-bond acceptors (Lipinski definition) is 4. The SMILES string of the molecule is CCC(N)C(=O)C(C)NS(=O)(=O)c1ccc(C)cc1. The predicted molar refractivity (Wildman–Crippen MR) is 74.2 cm³/mol. The van der Waals surface area contributed by atoms with Gasteiger partial charge >= 0.3 is 0 Å². The number of carbonyl (C=O) groups excluding carboxylic acids is 1. The molecule has 5 nitrogen and oxygen atoms in total. The van der Waals surface area contributed by atoms with Gasteiger partial charge in [-0.05, 0) is 32.4 Å². The third kappa shape index (κ3) is 4.12. The van der Waals surface area contributed by atoms with Gasteiger partial charge in [-0.15, -0.1) is 0 Å². The fraction of sp³-hybridized carbons (Fsp3) is 0.462. The Bertz CT molecular complexity index is 538. The van der Waals surface area contributed by atoms with Crippen LogP contribution in [0.3, 0.4) is 0 Å². The van der Waals surface area contributed by atoms with Gasteiger partial charge in [-0.2, -0.15) is 0 Å². The highest BCUT2D eigenvalue weighted by atomic mass is 32.2. The molecule has 0 aliphatic rings. The van der Waals surface area contributed by atoms with Crippen molar-refractivity contribution >= 4 is 15.8 Å². The lowest BCUT2D eigenvalue weighted by molar-refractivity contribution is -0.121. The standard InChI is InChI=1S/C13H20N2O3S/c1-4-12(14)13(16)10(3)15-19(17,18)11-7-5-9(2)6-8-11/h5-8,10,12,15H,4,14H2,1-3H3. The lowest BCUT2D eigenvalue weighted by Crippen LogP contribution is -2.46. The number of nitrogens with two attached hydrogens (primary N) is 1. The first-order chi connectivity index (χ1) is 8.77. The second kappa shape index (κ2) is 6.27. The van der Waals surface area contributed by atoms with Crippen LogP contribution in [0.15, 0.2) is 29.2 Å². The van der Waals surface area contributed by atoms with Crippen LogP contribution in [0.1, 0.15) is 25.8 Å². The molecule has 1 aromatic carbocycles. The minimum Gasteiger partial charge on any atom is -0.321 e. The van der Waals surface area contributed by atoms with E-state index in [1.54, 1.807) is 19.1 Å². The average Bonchev–Trinajstić information content (AvgIpc) is 2.36. The molecule has 0 bridgehead atoms. The number of Topliss-reactive ketones (excluding diaryl/α,β-unsaturated/α-hetero) is 1. The molecule has 0 fully saturated rings. The van der Waals surface area contributed by atoms with E-state index < -0.39 is 22.1 Å². The van der Waals surface area contributed by atoms with Gasteiger partial charge in [0, 0.05) is 0 Å². The van der Waals surface area contributed by atoms with Crippen molar-refractivity contribution in [2.75, 3.05) is 0 Å². The molecule has 6 heteroatoms. The Morgan fingerprint density at radius 3 is 2.32 bits per heavy atom. The number of aryl methyl sites for hydroxylation is 1. The molecule has 19 heavy (non-hydrogen) atoms. The van der Waals surface area contributed by atoms with Crippen LogP contribution >= 0.6 is 0 Å². The summed E-state index contributed by atoms with van der Waals surface area (Å²) in [7, 11) is -3.69. The lowest BCUT2D eigenvalue weighted by atomic mass is 10.1. The maximum Gasteiger partial charge on any atom is 0.241 e. The molecule has 0 spiro atoms. The Morgan fingerprint density at radius 2 is 1.84 bits per heavy atom. The van der Waals surface area contributed by atoms with Crippen molar-refractivity contribution in [2.24, 2.45) is 5.73 Å². The van der Waals surface area contributed by atoms with Crippen LogP contribution in [-0.4, -0.2) is 26.3 Å². The highest BCUT2D eigenvalue weighted by molar-refractivity contribution is 7.89. The van der Waals surface area contributed by atoms with Crippen LogP contribution in [0.5, 0.6) is 0 Å². The second-order valence-corrected chi connectivity index (χ2v) is 6.29. The summed E-state index contributed by atoms with van der Waals surface area (Å²) < 4.78 is 26.5. The van der Waals surface area contributed by atoms with E-state index in [-0.39, 0.29) is 10.7 Å². The van der Waals surface area contributed by atoms with Gasteiger partial charge < -0.3 is 5.73 Å². The van der Waals surface area contributed by atoms with Crippen LogP contribution in [0.2, 0.25) is 0 Å². The first kappa shape index (κ1) is 15.8. The Labute approximate surface area is 114 Å². The van der Waals surface area contributed by atoms with Gasteiger partial charge in [-0.3, -0.25) is 4.79 Å². The molecule has 2 atom stereocenters. The van der Waals surface area contributed by atoms with E-state index in [0.717, 1.165) is 5.56 Å². The van der Waals surface area contributed by atoms with E-state index in [9.17, 15) is 13.2 Å². The minimum absolute atomic E-state index is 0.141. The number of nitrogens with one attached hydrogen (secondary N) is 1. The van der Waals surface area contributed by atoms with Gasteiger partial charge in [0.2, 0.25) is 10.0 Å². The Morgan fingerprint density at radius 1 is 1.32 bits per heavy atom. The third-order valence-electron chi connectivity index (χ3n) is 2.90. The third-order valence-corrected chi connectivity index (χ3v) is 4.45. The molecule has 0 aromatic heterocycles. The van der Waals surface area contributed by atoms with Crippen molar-refractivity contribution in [2.45, 2.75) is 44.2 Å². The quantitative estimate of drug-likeness (QED) is 0.814. The number of ketones is 1. The topological polar surface area (TPSA) is 89.3 Å². The molecule has 0 aliphatic carbocycles. The highest BCUT2D eigenvalue weighted by Gasteiger charge is 2.24. The van der Waals surface area contributed by atoms with E-state index in [0.29, 0.717) is 6.42 Å². The van der Waals surface area contributed by atoms with Gasteiger partial charge in [0.25, 0.3) is 0 Å². The summed E-state index contributed by atoms with van der Waals surface area (Å²) in [4.78, 5) is 11.9. The van der Waals surface area contributed by atoms with Gasteiger partial charge in [-0.1, -0.05) is 24.6 Å². The summed E-state index contributed by atoms with van der Waals surface area (Å²) in [6.45, 7) is 5.16. The molecule has 3 N–H and O–H groups in total. The minimum atomic E-state index is -3.69. The number of carbonyl (C=O) groups is 1. The Balaban J connectivity index is 2.86. The molecular formula is C13H20N2O3S. The van der Waals surface area contributed by atoms with Gasteiger partial charge in [0.15, 0.2) is 5.78 Å². The van der Waals surface area contributed by atoms with E-state index in [4.69, 9.17) is 5.73 Å². The molecule has 0 aliphatic heterocycles. The first-order valence-electron chi connectivity index (χ1n) is 6.16. The maximum absolute atomic E-state index is 12.1. The Kier molecular flexibility index (Phi) is 5.22. The van der Waals surface area contributed by atoms with E-state index in [2.05, 4.69) is 4.72 Å². The number of rotatable bonds is 6. The smallest absolute Gasteiger partial charge is 0.241 e. The zero-order chi connectivity index (χ0) is 14.6. The molecule has 2 unspecified atom stereocenters. The zero-order valence-electron chi connectivity index (χ0n) is 11.4. The van der Waals surface area contributed by atoms with E-state index >= 15 is 0 Å². The summed E-state index contributed by atoms with van der Waals surface area (Å²) in [6.07, 6.45) is 0.482. The molecular weight excluding hydrogens is 264 g/mol. The highest BCUT2D eigenvalue weighted by Crippen LogP contribution is 2.11. The molecule has 0 radical (unpaired) electrons. The van der Waals surface area contributed by atoms with Gasteiger partial charge in [-0.25, -0.2) is 13.1 Å². The first-order valence-corrected chi connectivity index (χ1v) is 7.64. The van der Waals surface area contributed by atoms with Crippen molar-refractivity contribution in [3.05, 3.63) is 29.8 Å². The maximum atomic E-state index is 12.1. The van der Waals surface area contributed by atoms with E-state index in [1.807, 2.05) is 6.92 Å².